The van der Waals surface area contributed by atoms with Crippen LogP contribution in [0.1, 0.15) is 42.3 Å². The zero-order valence-corrected chi connectivity index (χ0v) is 13.0. The first kappa shape index (κ1) is 17.0. The molecule has 3 nitrogen and oxygen atoms in total. The normalized spacial score (nSPS) is 14.2. The number of halogens is 3. The molecule has 0 aliphatic heterocycles. The number of alkyl halides is 3. The molecule has 0 fully saturated rings. The molecule has 0 spiro atoms. The summed E-state index contributed by atoms with van der Waals surface area (Å²) in [6.07, 6.45) is 0. The van der Waals surface area contributed by atoms with Crippen LogP contribution in [-0.2, 0) is 16.2 Å². The molecule has 1 atom stereocenters. The van der Waals surface area contributed by atoms with E-state index >= 15 is 0 Å². The third-order valence-corrected chi connectivity index (χ3v) is 4.90. The van der Waals surface area contributed by atoms with Gasteiger partial charge in [-0.05, 0) is 57.0 Å². The lowest BCUT2D eigenvalue weighted by Crippen LogP contribution is -2.25. The number of hydrogen-bond acceptors (Lipinski definition) is 2. The van der Waals surface area contributed by atoms with Gasteiger partial charge in [0.05, 0.1) is 26.8 Å². The van der Waals surface area contributed by atoms with Gasteiger partial charge in [0.1, 0.15) is 0 Å². The van der Waals surface area contributed by atoms with E-state index in [-0.39, 0.29) is 16.0 Å². The Labute approximate surface area is 123 Å². The molecule has 0 aromatic heterocycles. The van der Waals surface area contributed by atoms with Crippen molar-refractivity contribution in [2.24, 2.45) is 0 Å². The summed E-state index contributed by atoms with van der Waals surface area (Å²) < 4.78 is 38.6. The second-order valence-electron chi connectivity index (χ2n) is 5.30. The molecule has 7 heteroatoms. The van der Waals surface area contributed by atoms with Crippen molar-refractivity contribution in [1.82, 2.24) is 0 Å². The van der Waals surface area contributed by atoms with E-state index in [1.54, 1.807) is 20.8 Å². The molecule has 1 aromatic rings. The van der Waals surface area contributed by atoms with Gasteiger partial charge in [0, 0.05) is 4.75 Å². The van der Waals surface area contributed by atoms with Crippen LogP contribution in [0.2, 0.25) is 0 Å². The zero-order valence-electron chi connectivity index (χ0n) is 11.5. The Balaban J connectivity index is 3.71. The Hall–Kier alpha value is -1.01. The Morgan fingerprint density at radius 3 is 2.15 bits per heavy atom. The maximum absolute atomic E-state index is 13.5. The number of carbonyl (C=O) groups is 1. The summed E-state index contributed by atoms with van der Waals surface area (Å²) in [7, 11) is -1.82. The van der Waals surface area contributed by atoms with E-state index in [1.807, 2.05) is 0 Å². The highest BCUT2D eigenvalue weighted by Gasteiger charge is 2.37. The van der Waals surface area contributed by atoms with Crippen LogP contribution in [0.3, 0.4) is 0 Å². The van der Waals surface area contributed by atoms with Gasteiger partial charge in [-0.2, -0.15) is 8.78 Å². The summed E-state index contributed by atoms with van der Waals surface area (Å²) in [5.41, 5.74) is -0.735. The predicted molar refractivity (Wildman–Crippen MR) is 74.0 cm³/mol. The molecule has 0 aliphatic rings. The molecule has 0 radical (unpaired) electrons. The zero-order chi connectivity index (χ0) is 15.9. The first-order valence-corrected chi connectivity index (χ1v) is 7.26. The predicted octanol–water partition coefficient (Wildman–Crippen LogP) is 3.89. The topological polar surface area (TPSA) is 54.4 Å². The van der Waals surface area contributed by atoms with Crippen LogP contribution >= 0.6 is 11.6 Å². The Kier molecular flexibility index (Phi) is 4.61. The highest BCUT2D eigenvalue weighted by molar-refractivity contribution is 7.86. The van der Waals surface area contributed by atoms with Gasteiger partial charge >= 0.3 is 11.4 Å². The van der Waals surface area contributed by atoms with E-state index in [1.165, 1.54) is 6.92 Å². The van der Waals surface area contributed by atoms with Crippen LogP contribution in [0.25, 0.3) is 0 Å². The quantitative estimate of drug-likeness (QED) is 0.858. The van der Waals surface area contributed by atoms with Crippen molar-refractivity contribution >= 4 is 28.4 Å². The third-order valence-electron chi connectivity index (χ3n) is 2.68. The number of hydrogen-bond donors (Lipinski definition) is 1. The molecule has 1 N–H and O–H groups in total. The fraction of sp³-hybridized carbons (Fsp3) is 0.462. The van der Waals surface area contributed by atoms with Crippen molar-refractivity contribution in [2.75, 3.05) is 0 Å². The highest BCUT2D eigenvalue weighted by atomic mass is 35.5. The molecule has 0 aliphatic carbocycles. The van der Waals surface area contributed by atoms with Gasteiger partial charge in [-0.1, -0.05) is 0 Å². The van der Waals surface area contributed by atoms with Gasteiger partial charge in [0.25, 0.3) is 0 Å². The molecular formula is C13H15ClF2O3S. The molecule has 0 bridgehead atoms. The molecule has 1 rings (SSSR count). The van der Waals surface area contributed by atoms with E-state index in [2.05, 4.69) is 0 Å². The number of aromatic carboxylic acids is 1. The van der Waals surface area contributed by atoms with Gasteiger partial charge < -0.3 is 5.11 Å². The maximum Gasteiger partial charge on any atom is 0.349 e. The van der Waals surface area contributed by atoms with Gasteiger partial charge in [-0.25, -0.2) is 4.79 Å². The fourth-order valence-electron chi connectivity index (χ4n) is 1.69. The van der Waals surface area contributed by atoms with Crippen molar-refractivity contribution in [2.45, 2.75) is 42.7 Å². The molecule has 1 aromatic carbocycles. The largest absolute Gasteiger partial charge is 0.478 e. The SMILES string of the molecule is Cc1c(C(=O)O)ccc(C(F)(F)Cl)c1[S@](=O)C(C)(C)C. The van der Waals surface area contributed by atoms with E-state index in [0.717, 1.165) is 12.1 Å². The molecule has 112 valence electrons. The third kappa shape index (κ3) is 3.35. The number of benzene rings is 1. The standard InChI is InChI=1S/C13H15ClF2O3S/c1-7-8(11(17)18)5-6-9(13(14,15)16)10(7)20(19)12(2,3)4/h5-6H,1-4H3,(H,17,18)/t20-/m0/s1. The maximum atomic E-state index is 13.5. The monoisotopic (exact) mass is 324 g/mol. The average Bonchev–Trinajstić information content (AvgIpc) is 2.24. The molecule has 0 saturated carbocycles. The van der Waals surface area contributed by atoms with Gasteiger partial charge in [-0.3, -0.25) is 4.21 Å². The van der Waals surface area contributed by atoms with Crippen molar-refractivity contribution in [3.05, 3.63) is 28.8 Å². The fourth-order valence-corrected chi connectivity index (χ4v) is 3.30. The van der Waals surface area contributed by atoms with Crippen LogP contribution in [0, 0.1) is 6.92 Å². The van der Waals surface area contributed by atoms with E-state index < -0.39 is 32.5 Å². The number of carboxylic acid groups (broad SMARTS) is 1. The molecule has 0 unspecified atom stereocenters. The molecular weight excluding hydrogens is 310 g/mol. The van der Waals surface area contributed by atoms with Crippen LogP contribution < -0.4 is 0 Å². The smallest absolute Gasteiger partial charge is 0.349 e. The van der Waals surface area contributed by atoms with Crippen LogP contribution in [-0.4, -0.2) is 20.0 Å². The minimum absolute atomic E-state index is 0.0450. The minimum atomic E-state index is -3.71. The number of carboxylic acids is 1. The van der Waals surface area contributed by atoms with Crippen molar-refractivity contribution in [3.63, 3.8) is 0 Å². The van der Waals surface area contributed by atoms with Crippen LogP contribution in [0.4, 0.5) is 8.78 Å². The van der Waals surface area contributed by atoms with Crippen molar-refractivity contribution in [3.8, 4) is 0 Å². The Bertz CT molecular complexity index is 574. The van der Waals surface area contributed by atoms with E-state index in [0.29, 0.717) is 0 Å². The molecule has 0 saturated heterocycles. The Morgan fingerprint density at radius 2 is 1.80 bits per heavy atom. The molecule has 0 heterocycles. The second-order valence-corrected chi connectivity index (χ2v) is 7.94. The average molecular weight is 325 g/mol. The molecule has 20 heavy (non-hydrogen) atoms. The lowest BCUT2D eigenvalue weighted by Gasteiger charge is -2.24. The van der Waals surface area contributed by atoms with E-state index in [4.69, 9.17) is 16.7 Å². The van der Waals surface area contributed by atoms with Gasteiger partial charge in [0.15, 0.2) is 0 Å². The van der Waals surface area contributed by atoms with Crippen molar-refractivity contribution in [1.29, 1.82) is 0 Å². The lowest BCUT2D eigenvalue weighted by atomic mass is 10.0. The summed E-state index contributed by atoms with van der Waals surface area (Å²) in [5.74, 6) is -1.26. The summed E-state index contributed by atoms with van der Waals surface area (Å²) in [6.45, 7) is 6.21. The first-order chi connectivity index (χ1) is 8.87. The first-order valence-electron chi connectivity index (χ1n) is 5.73. The second kappa shape index (κ2) is 5.41. The summed E-state index contributed by atoms with van der Waals surface area (Å²) >= 11 is 5.05. The van der Waals surface area contributed by atoms with Crippen LogP contribution in [0.5, 0.6) is 0 Å². The summed E-state index contributed by atoms with van der Waals surface area (Å²) in [6, 6.07) is 1.97. The van der Waals surface area contributed by atoms with E-state index in [9.17, 15) is 17.8 Å². The van der Waals surface area contributed by atoms with Gasteiger partial charge in [-0.15, -0.1) is 0 Å². The lowest BCUT2D eigenvalue weighted by molar-refractivity contribution is 0.0693. The minimum Gasteiger partial charge on any atom is -0.478 e. The summed E-state index contributed by atoms with van der Waals surface area (Å²) in [4.78, 5) is 10.9. The van der Waals surface area contributed by atoms with Gasteiger partial charge in [0.2, 0.25) is 0 Å². The Morgan fingerprint density at radius 1 is 1.30 bits per heavy atom. The molecule has 0 amide bonds. The van der Waals surface area contributed by atoms with Crippen molar-refractivity contribution < 1.29 is 22.9 Å². The van der Waals surface area contributed by atoms with Crippen LogP contribution in [0.15, 0.2) is 17.0 Å². The highest BCUT2D eigenvalue weighted by Crippen LogP contribution is 2.40. The number of rotatable bonds is 3. The summed E-state index contributed by atoms with van der Waals surface area (Å²) in [5, 5.41) is 5.34.